The van der Waals surface area contributed by atoms with E-state index in [9.17, 15) is 5.11 Å². The lowest BCUT2D eigenvalue weighted by Gasteiger charge is -2.38. The molecule has 1 aliphatic rings. The summed E-state index contributed by atoms with van der Waals surface area (Å²) in [5, 5.41) is 10.3. The quantitative estimate of drug-likeness (QED) is 0.704. The molecular weight excluding hydrogens is 186 g/mol. The topological polar surface area (TPSA) is 46.2 Å². The maximum Gasteiger partial charge on any atom is 0.0634 e. The van der Waals surface area contributed by atoms with E-state index in [1.165, 1.54) is 5.57 Å². The standard InChI is InChI=1S/C13H25NO/c1-9-5-10(2)7-11(6-9)12(15)13(3,4)8-14/h5,9,11-12,15H,6-8,14H2,1-4H3. The maximum absolute atomic E-state index is 10.3. The largest absolute Gasteiger partial charge is 0.392 e. The summed E-state index contributed by atoms with van der Waals surface area (Å²) in [5.74, 6) is 0.968. The van der Waals surface area contributed by atoms with Crippen LogP contribution in [0.1, 0.15) is 40.5 Å². The van der Waals surface area contributed by atoms with E-state index in [4.69, 9.17) is 5.73 Å². The van der Waals surface area contributed by atoms with E-state index in [1.807, 2.05) is 0 Å². The molecule has 3 unspecified atom stereocenters. The van der Waals surface area contributed by atoms with Crippen LogP contribution in [0.25, 0.3) is 0 Å². The number of aliphatic hydroxyl groups excluding tert-OH is 1. The van der Waals surface area contributed by atoms with Crippen LogP contribution in [-0.4, -0.2) is 17.8 Å². The van der Waals surface area contributed by atoms with Crippen LogP contribution < -0.4 is 5.73 Å². The molecule has 0 saturated heterocycles. The van der Waals surface area contributed by atoms with Gasteiger partial charge in [0.1, 0.15) is 0 Å². The van der Waals surface area contributed by atoms with Gasteiger partial charge in [0.2, 0.25) is 0 Å². The summed E-state index contributed by atoms with van der Waals surface area (Å²) in [6.45, 7) is 9.02. The van der Waals surface area contributed by atoms with Gasteiger partial charge < -0.3 is 10.8 Å². The monoisotopic (exact) mass is 211 g/mol. The predicted molar refractivity (Wildman–Crippen MR) is 64.5 cm³/mol. The van der Waals surface area contributed by atoms with Gasteiger partial charge in [-0.3, -0.25) is 0 Å². The molecule has 0 radical (unpaired) electrons. The van der Waals surface area contributed by atoms with Gasteiger partial charge in [0.25, 0.3) is 0 Å². The zero-order valence-electron chi connectivity index (χ0n) is 10.5. The van der Waals surface area contributed by atoms with Crippen molar-refractivity contribution in [2.75, 3.05) is 6.54 Å². The van der Waals surface area contributed by atoms with Gasteiger partial charge in [-0.25, -0.2) is 0 Å². The van der Waals surface area contributed by atoms with E-state index in [1.54, 1.807) is 0 Å². The van der Waals surface area contributed by atoms with E-state index >= 15 is 0 Å². The minimum Gasteiger partial charge on any atom is -0.392 e. The van der Waals surface area contributed by atoms with Gasteiger partial charge in [0, 0.05) is 5.41 Å². The fraction of sp³-hybridized carbons (Fsp3) is 0.846. The van der Waals surface area contributed by atoms with Gasteiger partial charge in [0.15, 0.2) is 0 Å². The van der Waals surface area contributed by atoms with Crippen molar-refractivity contribution in [3.8, 4) is 0 Å². The van der Waals surface area contributed by atoms with Crippen LogP contribution in [0.3, 0.4) is 0 Å². The first-order valence-corrected chi connectivity index (χ1v) is 5.92. The Morgan fingerprint density at radius 3 is 2.67 bits per heavy atom. The highest BCUT2D eigenvalue weighted by Gasteiger charge is 2.34. The second kappa shape index (κ2) is 4.67. The average molecular weight is 211 g/mol. The van der Waals surface area contributed by atoms with E-state index in [0.717, 1.165) is 12.8 Å². The van der Waals surface area contributed by atoms with Crippen molar-refractivity contribution < 1.29 is 5.11 Å². The Balaban J connectivity index is 2.70. The van der Waals surface area contributed by atoms with Crippen molar-refractivity contribution in [1.82, 2.24) is 0 Å². The first-order chi connectivity index (χ1) is 6.86. The Labute approximate surface area is 93.6 Å². The lowest BCUT2D eigenvalue weighted by molar-refractivity contribution is -0.00206. The minimum atomic E-state index is -0.284. The second-order valence-electron chi connectivity index (χ2n) is 5.83. The highest BCUT2D eigenvalue weighted by atomic mass is 16.3. The SMILES string of the molecule is CC1=CC(C)CC(C(O)C(C)(C)CN)C1. The van der Waals surface area contributed by atoms with Crippen LogP contribution in [-0.2, 0) is 0 Å². The van der Waals surface area contributed by atoms with E-state index in [2.05, 4.69) is 33.8 Å². The molecule has 88 valence electrons. The number of nitrogens with two attached hydrogens (primary N) is 1. The molecule has 15 heavy (non-hydrogen) atoms. The van der Waals surface area contributed by atoms with Gasteiger partial charge in [-0.2, -0.15) is 0 Å². The van der Waals surface area contributed by atoms with Crippen molar-refractivity contribution in [1.29, 1.82) is 0 Å². The van der Waals surface area contributed by atoms with Crippen LogP contribution in [0.5, 0.6) is 0 Å². The molecule has 3 N–H and O–H groups in total. The Morgan fingerprint density at radius 1 is 1.60 bits per heavy atom. The van der Waals surface area contributed by atoms with E-state index < -0.39 is 0 Å². The third-order valence-electron chi connectivity index (χ3n) is 3.60. The van der Waals surface area contributed by atoms with Crippen molar-refractivity contribution in [2.24, 2.45) is 23.0 Å². The molecule has 0 aromatic heterocycles. The summed E-state index contributed by atoms with van der Waals surface area (Å²) < 4.78 is 0. The first-order valence-electron chi connectivity index (χ1n) is 5.92. The smallest absolute Gasteiger partial charge is 0.0634 e. The summed E-state index contributed by atoms with van der Waals surface area (Å²) in [6, 6.07) is 0. The molecule has 2 nitrogen and oxygen atoms in total. The van der Waals surface area contributed by atoms with Gasteiger partial charge in [-0.1, -0.05) is 32.4 Å². The number of aliphatic hydroxyl groups is 1. The number of rotatable bonds is 3. The van der Waals surface area contributed by atoms with Gasteiger partial charge >= 0.3 is 0 Å². The summed E-state index contributed by atoms with van der Waals surface area (Å²) in [4.78, 5) is 0. The van der Waals surface area contributed by atoms with E-state index in [-0.39, 0.29) is 11.5 Å². The molecule has 0 spiro atoms. The molecule has 0 aromatic carbocycles. The van der Waals surface area contributed by atoms with Gasteiger partial charge in [-0.15, -0.1) is 0 Å². The molecule has 0 bridgehead atoms. The average Bonchev–Trinajstić information content (AvgIpc) is 2.15. The predicted octanol–water partition coefficient (Wildman–Crippen LogP) is 2.32. The Morgan fingerprint density at radius 2 is 2.20 bits per heavy atom. The molecule has 0 aromatic rings. The van der Waals surface area contributed by atoms with Crippen LogP contribution in [0.4, 0.5) is 0 Å². The first kappa shape index (κ1) is 12.7. The van der Waals surface area contributed by atoms with Gasteiger partial charge in [0.05, 0.1) is 6.10 Å². The van der Waals surface area contributed by atoms with E-state index in [0.29, 0.717) is 18.4 Å². The fourth-order valence-electron chi connectivity index (χ4n) is 2.60. The van der Waals surface area contributed by atoms with Crippen molar-refractivity contribution in [3.63, 3.8) is 0 Å². The maximum atomic E-state index is 10.3. The Kier molecular flexibility index (Phi) is 3.96. The number of allylic oxidation sites excluding steroid dienone is 2. The molecule has 0 heterocycles. The molecular formula is C13H25NO. The number of hydrogen-bond acceptors (Lipinski definition) is 2. The van der Waals surface area contributed by atoms with Crippen molar-refractivity contribution >= 4 is 0 Å². The molecule has 0 aliphatic heterocycles. The number of hydrogen-bond donors (Lipinski definition) is 2. The molecule has 3 atom stereocenters. The third-order valence-corrected chi connectivity index (χ3v) is 3.60. The highest BCUT2D eigenvalue weighted by Crippen LogP contribution is 2.36. The summed E-state index contributed by atoms with van der Waals surface area (Å²) in [5.41, 5.74) is 6.95. The lowest BCUT2D eigenvalue weighted by atomic mass is 9.72. The normalized spacial score (nSPS) is 29.9. The third kappa shape index (κ3) is 3.05. The van der Waals surface area contributed by atoms with Gasteiger partial charge in [-0.05, 0) is 38.1 Å². The fourth-order valence-corrected chi connectivity index (χ4v) is 2.60. The highest BCUT2D eigenvalue weighted by molar-refractivity contribution is 5.08. The van der Waals surface area contributed by atoms with Crippen LogP contribution in [0.15, 0.2) is 11.6 Å². The van der Waals surface area contributed by atoms with Crippen LogP contribution in [0, 0.1) is 17.3 Å². The molecule has 0 saturated carbocycles. The summed E-state index contributed by atoms with van der Waals surface area (Å²) in [6.07, 6.45) is 4.14. The van der Waals surface area contributed by atoms with Crippen LogP contribution in [0.2, 0.25) is 0 Å². The minimum absolute atomic E-state index is 0.165. The summed E-state index contributed by atoms with van der Waals surface area (Å²) in [7, 11) is 0. The Hall–Kier alpha value is -0.340. The zero-order chi connectivity index (χ0) is 11.6. The lowest BCUT2D eigenvalue weighted by Crippen LogP contribution is -2.42. The van der Waals surface area contributed by atoms with Crippen LogP contribution >= 0.6 is 0 Å². The molecule has 1 rings (SSSR count). The van der Waals surface area contributed by atoms with Crippen molar-refractivity contribution in [3.05, 3.63) is 11.6 Å². The summed E-state index contributed by atoms with van der Waals surface area (Å²) >= 11 is 0. The second-order valence-corrected chi connectivity index (χ2v) is 5.83. The molecule has 2 heteroatoms. The molecule has 1 aliphatic carbocycles. The Bertz CT molecular complexity index is 245. The zero-order valence-corrected chi connectivity index (χ0v) is 10.5. The molecule has 0 fully saturated rings. The van der Waals surface area contributed by atoms with Crippen molar-refractivity contribution in [2.45, 2.75) is 46.6 Å². The molecule has 0 amide bonds.